The smallest absolute Gasteiger partial charge is 0.263 e. The van der Waals surface area contributed by atoms with E-state index in [4.69, 9.17) is 5.73 Å². The van der Waals surface area contributed by atoms with Crippen LogP contribution in [0.25, 0.3) is 0 Å². The average Bonchev–Trinajstić information content (AvgIpc) is 2.98. The van der Waals surface area contributed by atoms with Gasteiger partial charge in [-0.1, -0.05) is 13.0 Å². The molecule has 0 saturated heterocycles. The number of rotatable bonds is 6. The zero-order chi connectivity index (χ0) is 17.0. The van der Waals surface area contributed by atoms with E-state index in [1.165, 1.54) is 29.7 Å². The van der Waals surface area contributed by atoms with Crippen molar-refractivity contribution in [1.29, 1.82) is 0 Å². The van der Waals surface area contributed by atoms with E-state index in [1.54, 1.807) is 31.4 Å². The maximum absolute atomic E-state index is 12.3. The van der Waals surface area contributed by atoms with E-state index in [2.05, 4.69) is 15.0 Å². The van der Waals surface area contributed by atoms with Gasteiger partial charge in [0.25, 0.3) is 10.0 Å². The summed E-state index contributed by atoms with van der Waals surface area (Å²) in [6, 6.07) is 5.72. The summed E-state index contributed by atoms with van der Waals surface area (Å²) in [7, 11) is -3.76. The molecule has 0 aliphatic carbocycles. The molecule has 2 aromatic rings. The lowest BCUT2D eigenvalue weighted by molar-refractivity contribution is -0.119. The Bertz CT molecular complexity index is 779. The average molecular weight is 391 g/mol. The summed E-state index contributed by atoms with van der Waals surface area (Å²) >= 11 is 1.18. The highest BCUT2D eigenvalue weighted by atomic mass is 35.5. The first-order valence-corrected chi connectivity index (χ1v) is 9.24. The second kappa shape index (κ2) is 8.43. The Kier molecular flexibility index (Phi) is 7.15. The summed E-state index contributed by atoms with van der Waals surface area (Å²) in [4.78, 5) is 15.9. The Morgan fingerprint density at radius 1 is 1.33 bits per heavy atom. The number of benzene rings is 1. The highest BCUT2D eigenvalue weighted by Crippen LogP contribution is 2.21. The van der Waals surface area contributed by atoms with Gasteiger partial charge in [-0.05, 0) is 25.1 Å². The highest BCUT2D eigenvalue weighted by Gasteiger charge is 2.19. The number of aromatic nitrogens is 1. The van der Waals surface area contributed by atoms with Gasteiger partial charge in [0.05, 0.1) is 10.8 Å². The van der Waals surface area contributed by atoms with Gasteiger partial charge in [0.2, 0.25) is 5.91 Å². The third-order valence-corrected chi connectivity index (χ3v) is 5.42. The zero-order valence-corrected chi connectivity index (χ0v) is 15.5. The molecule has 132 valence electrons. The monoisotopic (exact) mass is 390 g/mol. The summed E-state index contributed by atoms with van der Waals surface area (Å²) < 4.78 is 27.0. The zero-order valence-electron chi connectivity index (χ0n) is 13.1. The van der Waals surface area contributed by atoms with Gasteiger partial charge in [0, 0.05) is 23.3 Å². The Labute approximate surface area is 151 Å². The normalized spacial score (nSPS) is 13.5. The van der Waals surface area contributed by atoms with Crippen LogP contribution in [0.5, 0.6) is 0 Å². The molecule has 1 amide bonds. The number of nitrogens with one attached hydrogen (secondary N) is 2. The highest BCUT2D eigenvalue weighted by molar-refractivity contribution is 7.93. The number of hydrogen-bond donors (Lipinski definition) is 3. The van der Waals surface area contributed by atoms with Crippen molar-refractivity contribution < 1.29 is 13.2 Å². The molecule has 0 fully saturated rings. The van der Waals surface area contributed by atoms with E-state index in [9.17, 15) is 13.2 Å². The second-order valence-corrected chi connectivity index (χ2v) is 7.68. The van der Waals surface area contributed by atoms with E-state index in [0.29, 0.717) is 5.69 Å². The molecule has 0 aliphatic rings. The topological polar surface area (TPSA) is 114 Å². The molecule has 24 heavy (non-hydrogen) atoms. The third kappa shape index (κ3) is 5.17. The fourth-order valence-electron chi connectivity index (χ4n) is 1.68. The number of amides is 1. The molecule has 0 spiro atoms. The minimum Gasteiger partial charge on any atom is -0.327 e. The molecule has 2 unspecified atom stereocenters. The molecule has 0 bridgehead atoms. The van der Waals surface area contributed by atoms with Crippen LogP contribution in [0.1, 0.15) is 13.8 Å². The van der Waals surface area contributed by atoms with Crippen LogP contribution < -0.4 is 15.8 Å². The van der Waals surface area contributed by atoms with Gasteiger partial charge in [-0.2, -0.15) is 0 Å². The lowest BCUT2D eigenvalue weighted by atomic mass is 10.0. The van der Waals surface area contributed by atoms with Crippen molar-refractivity contribution in [3.05, 3.63) is 35.8 Å². The SMILES string of the molecule is CC(N)C(C)C(=O)Nc1cccc(S(=O)(=O)Nc2nccs2)c1.Cl. The van der Waals surface area contributed by atoms with E-state index >= 15 is 0 Å². The lowest BCUT2D eigenvalue weighted by Gasteiger charge is -2.15. The quantitative estimate of drug-likeness (QED) is 0.700. The number of carbonyl (C=O) groups is 1. The Balaban J connectivity index is 0.00000288. The van der Waals surface area contributed by atoms with E-state index in [-0.39, 0.29) is 40.3 Å². The van der Waals surface area contributed by atoms with Crippen LogP contribution in [-0.4, -0.2) is 25.4 Å². The largest absolute Gasteiger partial charge is 0.327 e. The van der Waals surface area contributed by atoms with Crippen LogP contribution in [0, 0.1) is 5.92 Å². The van der Waals surface area contributed by atoms with Gasteiger partial charge < -0.3 is 11.1 Å². The number of thiazole rings is 1. The summed E-state index contributed by atoms with van der Waals surface area (Å²) in [5.41, 5.74) is 6.09. The first-order chi connectivity index (χ1) is 10.8. The minimum absolute atomic E-state index is 0. The molecule has 0 radical (unpaired) electrons. The fourth-order valence-corrected chi connectivity index (χ4v) is 3.52. The van der Waals surface area contributed by atoms with Gasteiger partial charge in [-0.3, -0.25) is 9.52 Å². The summed E-state index contributed by atoms with van der Waals surface area (Å²) in [5.74, 6) is -0.647. The van der Waals surface area contributed by atoms with Crippen LogP contribution in [0.3, 0.4) is 0 Å². The number of nitrogens with zero attached hydrogens (tertiary/aromatic N) is 1. The molecule has 7 nitrogen and oxygen atoms in total. The standard InChI is InChI=1S/C14H18N4O3S2.ClH/c1-9(10(2)15)13(19)17-11-4-3-5-12(8-11)23(20,21)18-14-16-6-7-22-14;/h3-10H,15H2,1-2H3,(H,16,18)(H,17,19);1H. The molecule has 1 heterocycles. The molecule has 0 saturated carbocycles. The van der Waals surface area contributed by atoms with Crippen LogP contribution >= 0.6 is 23.7 Å². The number of carbonyl (C=O) groups excluding carboxylic acids is 1. The van der Waals surface area contributed by atoms with E-state index < -0.39 is 10.0 Å². The van der Waals surface area contributed by atoms with Crippen LogP contribution in [0.15, 0.2) is 40.7 Å². The molecule has 2 atom stereocenters. The Morgan fingerprint density at radius 3 is 2.62 bits per heavy atom. The molecular weight excluding hydrogens is 372 g/mol. The lowest BCUT2D eigenvalue weighted by Crippen LogP contribution is -2.34. The van der Waals surface area contributed by atoms with Crippen LogP contribution in [-0.2, 0) is 14.8 Å². The fraction of sp³-hybridized carbons (Fsp3) is 0.286. The van der Waals surface area contributed by atoms with E-state index in [1.807, 2.05) is 0 Å². The molecule has 1 aromatic carbocycles. The first kappa shape index (κ1) is 20.4. The Morgan fingerprint density at radius 2 is 2.04 bits per heavy atom. The molecule has 2 rings (SSSR count). The molecule has 0 aliphatic heterocycles. The summed E-state index contributed by atoms with van der Waals surface area (Å²) in [6.45, 7) is 3.45. The van der Waals surface area contributed by atoms with Crippen molar-refractivity contribution in [2.75, 3.05) is 10.0 Å². The third-order valence-electron chi connectivity index (χ3n) is 3.27. The van der Waals surface area contributed by atoms with Crippen molar-refractivity contribution in [2.45, 2.75) is 24.8 Å². The predicted molar refractivity (Wildman–Crippen MR) is 98.1 cm³/mol. The summed E-state index contributed by atoms with van der Waals surface area (Å²) in [5, 5.41) is 4.62. The predicted octanol–water partition coefficient (Wildman–Crippen LogP) is 2.29. The van der Waals surface area contributed by atoms with Crippen molar-refractivity contribution in [3.8, 4) is 0 Å². The number of halogens is 1. The van der Waals surface area contributed by atoms with Crippen molar-refractivity contribution in [1.82, 2.24) is 4.98 Å². The molecular formula is C14H19ClN4O3S2. The van der Waals surface area contributed by atoms with Crippen molar-refractivity contribution in [2.24, 2.45) is 11.7 Å². The van der Waals surface area contributed by atoms with Gasteiger partial charge in [-0.15, -0.1) is 23.7 Å². The molecule has 10 heteroatoms. The van der Waals surface area contributed by atoms with Crippen molar-refractivity contribution in [3.63, 3.8) is 0 Å². The number of hydrogen-bond acceptors (Lipinski definition) is 6. The van der Waals surface area contributed by atoms with Crippen molar-refractivity contribution >= 4 is 50.5 Å². The molecule has 4 N–H and O–H groups in total. The van der Waals surface area contributed by atoms with Gasteiger partial charge in [-0.25, -0.2) is 13.4 Å². The maximum Gasteiger partial charge on any atom is 0.263 e. The minimum atomic E-state index is -3.76. The number of nitrogens with two attached hydrogens (primary N) is 1. The molecule has 1 aromatic heterocycles. The number of anilines is 2. The Hall–Kier alpha value is -1.68. The summed E-state index contributed by atoms with van der Waals surface area (Å²) in [6.07, 6.45) is 1.51. The van der Waals surface area contributed by atoms with E-state index in [0.717, 1.165) is 0 Å². The van der Waals surface area contributed by atoms with Crippen LogP contribution in [0.4, 0.5) is 10.8 Å². The number of sulfonamides is 1. The van der Waals surface area contributed by atoms with Crippen LogP contribution in [0.2, 0.25) is 0 Å². The van der Waals surface area contributed by atoms with Gasteiger partial charge in [0.15, 0.2) is 5.13 Å². The maximum atomic E-state index is 12.3. The van der Waals surface area contributed by atoms with Gasteiger partial charge in [0.1, 0.15) is 0 Å². The second-order valence-electron chi connectivity index (χ2n) is 5.11. The van der Waals surface area contributed by atoms with Gasteiger partial charge >= 0.3 is 0 Å². The first-order valence-electron chi connectivity index (χ1n) is 6.88.